The Labute approximate surface area is 188 Å². The van der Waals surface area contributed by atoms with Gasteiger partial charge in [-0.05, 0) is 63.1 Å². The van der Waals surface area contributed by atoms with E-state index in [0.29, 0.717) is 18.7 Å². The molecule has 4 rings (SSSR count). The number of rotatable bonds is 6. The Balaban J connectivity index is 2.12. The van der Waals surface area contributed by atoms with Crippen molar-refractivity contribution in [3.8, 4) is 22.5 Å². The summed E-state index contributed by atoms with van der Waals surface area (Å²) in [6.45, 7) is 9.78. The fourth-order valence-corrected chi connectivity index (χ4v) is 4.07. The minimum atomic E-state index is -0.330. The summed E-state index contributed by atoms with van der Waals surface area (Å²) in [4.78, 5) is 17.4. The average Bonchev–Trinajstić information content (AvgIpc) is 2.79. The van der Waals surface area contributed by atoms with Crippen LogP contribution in [0.4, 0.5) is 5.69 Å². The van der Waals surface area contributed by atoms with Gasteiger partial charge in [-0.15, -0.1) is 0 Å². The molecule has 32 heavy (non-hydrogen) atoms. The minimum absolute atomic E-state index is 0.325. The van der Waals surface area contributed by atoms with E-state index in [9.17, 15) is 4.79 Å². The zero-order chi connectivity index (χ0) is 22.7. The third kappa shape index (κ3) is 3.98. The maximum atomic E-state index is 12.8. The van der Waals surface area contributed by atoms with Crippen molar-refractivity contribution in [2.75, 3.05) is 25.0 Å². The summed E-state index contributed by atoms with van der Waals surface area (Å²) in [5.41, 5.74) is 6.06. The Kier molecular flexibility index (Phi) is 6.26. The molecule has 0 fully saturated rings. The number of ether oxygens (including phenoxy) is 1. The first-order valence-corrected chi connectivity index (χ1v) is 11.1. The molecule has 2 aromatic carbocycles. The van der Waals surface area contributed by atoms with Crippen LogP contribution in [0.15, 0.2) is 64.0 Å². The van der Waals surface area contributed by atoms with Gasteiger partial charge in [-0.1, -0.05) is 18.2 Å². The Morgan fingerprint density at radius 3 is 2.59 bits per heavy atom. The Morgan fingerprint density at radius 2 is 1.84 bits per heavy atom. The number of hydrogen-bond acceptors (Lipinski definition) is 5. The van der Waals surface area contributed by atoms with Crippen LogP contribution < -0.4 is 10.7 Å². The molecule has 0 bridgehead atoms. The second-order valence-electron chi connectivity index (χ2n) is 7.59. The summed E-state index contributed by atoms with van der Waals surface area (Å²) < 4.78 is 11.7. The number of benzene rings is 3. The van der Waals surface area contributed by atoms with Crippen molar-refractivity contribution in [2.45, 2.75) is 27.7 Å². The molecule has 1 aliphatic heterocycles. The first kappa shape index (κ1) is 21.6. The van der Waals surface area contributed by atoms with Crippen molar-refractivity contribution in [2.24, 2.45) is 4.99 Å². The highest BCUT2D eigenvalue weighted by Crippen LogP contribution is 2.42. The third-order valence-corrected chi connectivity index (χ3v) is 5.44. The fourth-order valence-electron chi connectivity index (χ4n) is 4.07. The van der Waals surface area contributed by atoms with Crippen molar-refractivity contribution in [3.63, 3.8) is 0 Å². The molecule has 5 nitrogen and oxygen atoms in total. The highest BCUT2D eigenvalue weighted by atomic mass is 16.5. The van der Waals surface area contributed by atoms with Crippen LogP contribution >= 0.6 is 0 Å². The number of hydrogen-bond donors (Lipinski definition) is 1. The predicted octanol–water partition coefficient (Wildman–Crippen LogP) is 6.04. The SMILES string of the molecule is CCN=c1cc2oc3cc(NCC)ccc3c(-c3ccccc3C(=O)OCC)c-2cc1C. The summed E-state index contributed by atoms with van der Waals surface area (Å²) in [5.74, 6) is 0.404. The lowest BCUT2D eigenvalue weighted by molar-refractivity contribution is 0.0527. The molecule has 0 spiro atoms. The third-order valence-electron chi connectivity index (χ3n) is 5.44. The molecular formula is C27H28N2O3. The fraction of sp³-hybridized carbons (Fsp3) is 0.259. The van der Waals surface area contributed by atoms with Gasteiger partial charge in [0.15, 0.2) is 0 Å². The zero-order valence-corrected chi connectivity index (χ0v) is 19.0. The molecular weight excluding hydrogens is 400 g/mol. The van der Waals surface area contributed by atoms with Crippen LogP contribution in [0.5, 0.6) is 0 Å². The number of carbonyl (C=O) groups excluding carboxylic acids is 1. The van der Waals surface area contributed by atoms with Gasteiger partial charge in [-0.25, -0.2) is 4.79 Å². The molecule has 2 aliphatic rings. The molecule has 0 amide bonds. The van der Waals surface area contributed by atoms with Crippen LogP contribution in [0, 0.1) is 6.92 Å². The van der Waals surface area contributed by atoms with E-state index in [2.05, 4.69) is 23.3 Å². The zero-order valence-electron chi connectivity index (χ0n) is 19.0. The average molecular weight is 429 g/mol. The van der Waals surface area contributed by atoms with Crippen molar-refractivity contribution in [1.29, 1.82) is 0 Å². The lowest BCUT2D eigenvalue weighted by Crippen LogP contribution is -2.10. The standard InChI is InChI=1S/C27H28N2O3/c1-5-28-18-12-13-21-24(15-18)32-25-16-23(29-6-2)17(4)14-22(25)26(21)19-10-8-9-11-20(19)27(30)31-7-3/h8-16,28H,5-7H2,1-4H3. The lowest BCUT2D eigenvalue weighted by Gasteiger charge is -2.18. The predicted molar refractivity (Wildman–Crippen MR) is 129 cm³/mol. The molecule has 2 aromatic rings. The van der Waals surface area contributed by atoms with Gasteiger partial charge in [-0.2, -0.15) is 0 Å². The topological polar surface area (TPSA) is 63.8 Å². The van der Waals surface area contributed by atoms with E-state index in [0.717, 1.165) is 56.6 Å². The number of aryl methyl sites for hydroxylation is 1. The van der Waals surface area contributed by atoms with E-state index in [1.165, 1.54) is 0 Å². The lowest BCUT2D eigenvalue weighted by atomic mass is 9.90. The summed E-state index contributed by atoms with van der Waals surface area (Å²) >= 11 is 0. The van der Waals surface area contributed by atoms with Gasteiger partial charge in [0.25, 0.3) is 0 Å². The molecule has 1 heterocycles. The molecule has 5 heteroatoms. The van der Waals surface area contributed by atoms with E-state index in [-0.39, 0.29) is 5.97 Å². The summed E-state index contributed by atoms with van der Waals surface area (Å²) in [6, 6.07) is 17.8. The molecule has 0 atom stereocenters. The van der Waals surface area contributed by atoms with Crippen molar-refractivity contribution in [3.05, 3.63) is 71.1 Å². The number of nitrogens with one attached hydrogen (secondary N) is 1. The van der Waals surface area contributed by atoms with Gasteiger partial charge < -0.3 is 14.5 Å². The largest absolute Gasteiger partial charge is 0.462 e. The number of esters is 1. The number of nitrogens with zero attached hydrogens (tertiary/aromatic N) is 1. The van der Waals surface area contributed by atoms with E-state index >= 15 is 0 Å². The van der Waals surface area contributed by atoms with Crippen molar-refractivity contribution < 1.29 is 13.9 Å². The summed E-state index contributed by atoms with van der Waals surface area (Å²) in [5, 5.41) is 5.19. The van der Waals surface area contributed by atoms with Crippen LogP contribution in [0.1, 0.15) is 36.7 Å². The molecule has 1 N–H and O–H groups in total. The van der Waals surface area contributed by atoms with Crippen LogP contribution in [0.2, 0.25) is 0 Å². The second kappa shape index (κ2) is 9.27. The maximum absolute atomic E-state index is 12.8. The van der Waals surface area contributed by atoms with Gasteiger partial charge in [-0.3, -0.25) is 4.99 Å². The van der Waals surface area contributed by atoms with Crippen LogP contribution in [0.3, 0.4) is 0 Å². The molecule has 0 aromatic heterocycles. The van der Waals surface area contributed by atoms with Gasteiger partial charge in [0.05, 0.1) is 17.5 Å². The quantitative estimate of drug-likeness (QED) is 0.300. The van der Waals surface area contributed by atoms with Crippen molar-refractivity contribution in [1.82, 2.24) is 0 Å². The van der Waals surface area contributed by atoms with E-state index in [1.54, 1.807) is 0 Å². The summed E-state index contributed by atoms with van der Waals surface area (Å²) in [6.07, 6.45) is 0. The number of carbonyl (C=O) groups is 1. The minimum Gasteiger partial charge on any atom is -0.462 e. The number of anilines is 1. The first-order chi connectivity index (χ1) is 15.6. The highest BCUT2D eigenvalue weighted by molar-refractivity contribution is 6.08. The smallest absolute Gasteiger partial charge is 0.338 e. The normalized spacial score (nSPS) is 11.8. The van der Waals surface area contributed by atoms with Crippen LogP contribution in [0.25, 0.3) is 33.4 Å². The molecule has 164 valence electrons. The second-order valence-corrected chi connectivity index (χ2v) is 7.59. The van der Waals surface area contributed by atoms with Crippen LogP contribution in [-0.2, 0) is 4.74 Å². The van der Waals surface area contributed by atoms with Gasteiger partial charge in [0, 0.05) is 47.4 Å². The van der Waals surface area contributed by atoms with E-state index < -0.39 is 0 Å². The Hall–Kier alpha value is -3.60. The van der Waals surface area contributed by atoms with Crippen LogP contribution in [-0.4, -0.2) is 25.7 Å². The molecule has 0 saturated carbocycles. The highest BCUT2D eigenvalue weighted by Gasteiger charge is 2.22. The molecule has 0 unspecified atom stereocenters. The molecule has 1 aliphatic carbocycles. The molecule has 0 saturated heterocycles. The monoisotopic (exact) mass is 428 g/mol. The number of fused-ring (bicyclic) bond motifs is 2. The maximum Gasteiger partial charge on any atom is 0.338 e. The molecule has 0 radical (unpaired) electrons. The Morgan fingerprint density at radius 1 is 1.03 bits per heavy atom. The Bertz CT molecular complexity index is 1320. The van der Waals surface area contributed by atoms with E-state index in [4.69, 9.17) is 9.15 Å². The van der Waals surface area contributed by atoms with Gasteiger partial charge in [0.1, 0.15) is 11.3 Å². The van der Waals surface area contributed by atoms with E-state index in [1.807, 2.05) is 69.3 Å². The van der Waals surface area contributed by atoms with Crippen molar-refractivity contribution >= 4 is 22.6 Å². The van der Waals surface area contributed by atoms with Gasteiger partial charge in [0.2, 0.25) is 0 Å². The van der Waals surface area contributed by atoms with Gasteiger partial charge >= 0.3 is 5.97 Å². The summed E-state index contributed by atoms with van der Waals surface area (Å²) in [7, 11) is 0. The first-order valence-electron chi connectivity index (χ1n) is 11.1.